The van der Waals surface area contributed by atoms with Crippen molar-refractivity contribution in [2.45, 2.75) is 0 Å². The number of hydrogen-bond acceptors (Lipinski definition) is 5. The van der Waals surface area contributed by atoms with E-state index in [9.17, 15) is 20.0 Å². The van der Waals surface area contributed by atoms with E-state index in [0.717, 1.165) is 6.21 Å². The first-order chi connectivity index (χ1) is 10.5. The van der Waals surface area contributed by atoms with Crippen LogP contribution in [0.4, 0.5) is 5.69 Å². The molecule has 7 nitrogen and oxygen atoms in total. The lowest BCUT2D eigenvalue weighted by atomic mass is 10.2. The van der Waals surface area contributed by atoms with Gasteiger partial charge in [0.25, 0.3) is 5.91 Å². The van der Waals surface area contributed by atoms with Gasteiger partial charge in [-0.3, -0.25) is 14.9 Å². The highest BCUT2D eigenvalue weighted by Gasteiger charge is 2.17. The number of carbonyl (C=O) groups is 1. The Morgan fingerprint density at radius 3 is 2.64 bits per heavy atom. The predicted molar refractivity (Wildman–Crippen MR) is 84.0 cm³/mol. The Morgan fingerprint density at radius 2 is 2.00 bits per heavy atom. The Balaban J connectivity index is 2.17. The summed E-state index contributed by atoms with van der Waals surface area (Å²) in [6.45, 7) is 0. The standard InChI is InChI=1S/C14H10BrN3O4/c15-11-6-10(13(19)12(7-11)18(21)22)8-16-17-14(20)9-4-2-1-3-5-9/h1-8,19H,(H,17,20)/b16-8+. The van der Waals surface area contributed by atoms with Gasteiger partial charge < -0.3 is 5.11 Å². The molecule has 0 aliphatic heterocycles. The molecule has 2 aromatic rings. The van der Waals surface area contributed by atoms with Crippen molar-refractivity contribution < 1.29 is 14.8 Å². The fraction of sp³-hybridized carbons (Fsp3) is 0. The topological polar surface area (TPSA) is 105 Å². The molecular weight excluding hydrogens is 354 g/mol. The minimum atomic E-state index is -0.708. The molecule has 0 saturated carbocycles. The predicted octanol–water partition coefficient (Wildman–Crippen LogP) is 2.83. The van der Waals surface area contributed by atoms with Gasteiger partial charge in [0.15, 0.2) is 0 Å². The summed E-state index contributed by atoms with van der Waals surface area (Å²) in [6, 6.07) is 11.1. The summed E-state index contributed by atoms with van der Waals surface area (Å²) < 4.78 is 0.410. The van der Waals surface area contributed by atoms with Crippen LogP contribution in [-0.4, -0.2) is 22.2 Å². The first-order valence-corrected chi connectivity index (χ1v) is 6.83. The molecule has 1 amide bonds. The van der Waals surface area contributed by atoms with Crippen molar-refractivity contribution in [2.75, 3.05) is 0 Å². The zero-order chi connectivity index (χ0) is 16.1. The number of hydrogen-bond donors (Lipinski definition) is 2. The highest BCUT2D eigenvalue weighted by molar-refractivity contribution is 9.10. The summed E-state index contributed by atoms with van der Waals surface area (Å²) in [5.41, 5.74) is 2.35. The van der Waals surface area contributed by atoms with E-state index in [-0.39, 0.29) is 5.56 Å². The van der Waals surface area contributed by atoms with Gasteiger partial charge in [-0.05, 0) is 18.2 Å². The summed E-state index contributed by atoms with van der Waals surface area (Å²) in [6.07, 6.45) is 1.13. The summed E-state index contributed by atoms with van der Waals surface area (Å²) in [5, 5.41) is 24.3. The number of rotatable bonds is 4. The number of carbonyl (C=O) groups excluding carboxylic acids is 1. The Hall–Kier alpha value is -2.74. The molecule has 0 saturated heterocycles. The highest BCUT2D eigenvalue weighted by atomic mass is 79.9. The van der Waals surface area contributed by atoms with Gasteiger partial charge in [0.1, 0.15) is 0 Å². The lowest BCUT2D eigenvalue weighted by Gasteiger charge is -2.02. The van der Waals surface area contributed by atoms with E-state index in [0.29, 0.717) is 10.0 Å². The van der Waals surface area contributed by atoms with Gasteiger partial charge in [0.05, 0.1) is 11.1 Å². The van der Waals surface area contributed by atoms with Crippen LogP contribution in [0.15, 0.2) is 52.0 Å². The summed E-state index contributed by atoms with van der Waals surface area (Å²) in [7, 11) is 0. The number of nitro groups is 1. The van der Waals surface area contributed by atoms with Gasteiger partial charge in [0.2, 0.25) is 5.75 Å². The Labute approximate surface area is 133 Å². The molecule has 8 heteroatoms. The zero-order valence-electron chi connectivity index (χ0n) is 11.1. The van der Waals surface area contributed by atoms with E-state index in [1.165, 1.54) is 12.1 Å². The van der Waals surface area contributed by atoms with E-state index in [4.69, 9.17) is 0 Å². The molecule has 0 spiro atoms. The van der Waals surface area contributed by atoms with Crippen LogP contribution in [-0.2, 0) is 0 Å². The number of amides is 1. The van der Waals surface area contributed by atoms with Gasteiger partial charge in [-0.1, -0.05) is 34.1 Å². The fourth-order valence-electron chi connectivity index (χ4n) is 1.66. The maximum absolute atomic E-state index is 11.8. The van der Waals surface area contributed by atoms with Gasteiger partial charge in [-0.2, -0.15) is 5.10 Å². The molecule has 0 aliphatic carbocycles. The Bertz CT molecular complexity index is 747. The number of nitrogens with one attached hydrogen (secondary N) is 1. The minimum absolute atomic E-state index is 0.106. The SMILES string of the molecule is O=C(N/N=C/c1cc(Br)cc([N+](=O)[O-])c1O)c1ccccc1. The van der Waals surface area contributed by atoms with Crippen LogP contribution in [0.3, 0.4) is 0 Å². The third kappa shape index (κ3) is 3.67. The van der Waals surface area contributed by atoms with Crippen molar-refractivity contribution in [3.8, 4) is 5.75 Å². The number of halogens is 1. The molecule has 112 valence electrons. The Morgan fingerprint density at radius 1 is 1.32 bits per heavy atom. The number of nitro benzene ring substituents is 1. The molecule has 0 radical (unpaired) electrons. The van der Waals surface area contributed by atoms with Gasteiger partial charge in [0, 0.05) is 21.7 Å². The molecule has 2 rings (SSSR count). The minimum Gasteiger partial charge on any atom is -0.502 e. The first-order valence-electron chi connectivity index (χ1n) is 6.04. The summed E-state index contributed by atoms with van der Waals surface area (Å²) in [4.78, 5) is 21.9. The van der Waals surface area contributed by atoms with Crippen LogP contribution < -0.4 is 5.43 Å². The van der Waals surface area contributed by atoms with Crippen molar-refractivity contribution in [1.29, 1.82) is 0 Å². The lowest BCUT2D eigenvalue weighted by molar-refractivity contribution is -0.385. The molecule has 22 heavy (non-hydrogen) atoms. The molecule has 0 unspecified atom stereocenters. The van der Waals surface area contributed by atoms with E-state index >= 15 is 0 Å². The molecule has 0 bridgehead atoms. The molecule has 2 aromatic carbocycles. The average molecular weight is 364 g/mol. The van der Waals surface area contributed by atoms with Crippen molar-refractivity contribution >= 4 is 33.7 Å². The number of aromatic hydroxyl groups is 1. The van der Waals surface area contributed by atoms with Crippen LogP contribution in [0.1, 0.15) is 15.9 Å². The second-order valence-corrected chi connectivity index (χ2v) is 5.10. The van der Waals surface area contributed by atoms with Crippen LogP contribution in [0.2, 0.25) is 0 Å². The van der Waals surface area contributed by atoms with E-state index in [2.05, 4.69) is 26.5 Å². The maximum atomic E-state index is 11.8. The Kier molecular flexibility index (Phi) is 4.84. The molecule has 0 heterocycles. The summed E-state index contributed by atoms with van der Waals surface area (Å²) >= 11 is 3.11. The van der Waals surface area contributed by atoms with Gasteiger partial charge in [-0.25, -0.2) is 5.43 Å². The monoisotopic (exact) mass is 363 g/mol. The number of phenolic OH excluding ortho intramolecular Hbond substituents is 1. The van der Waals surface area contributed by atoms with E-state index < -0.39 is 22.3 Å². The third-order valence-corrected chi connectivity index (χ3v) is 3.14. The largest absolute Gasteiger partial charge is 0.502 e. The fourth-order valence-corrected chi connectivity index (χ4v) is 2.12. The van der Waals surface area contributed by atoms with Crippen LogP contribution in [0, 0.1) is 10.1 Å². The van der Waals surface area contributed by atoms with Crippen LogP contribution in [0.5, 0.6) is 5.75 Å². The smallest absolute Gasteiger partial charge is 0.312 e. The number of nitrogens with zero attached hydrogens (tertiary/aromatic N) is 2. The van der Waals surface area contributed by atoms with Crippen LogP contribution >= 0.6 is 15.9 Å². The van der Waals surface area contributed by atoms with Gasteiger partial charge in [-0.15, -0.1) is 0 Å². The van der Waals surface area contributed by atoms with Gasteiger partial charge >= 0.3 is 5.69 Å². The third-order valence-electron chi connectivity index (χ3n) is 2.69. The summed E-state index contributed by atoms with van der Waals surface area (Å²) in [5.74, 6) is -0.952. The lowest BCUT2D eigenvalue weighted by Crippen LogP contribution is -2.17. The number of phenols is 1. The molecule has 0 aliphatic rings. The average Bonchev–Trinajstić information content (AvgIpc) is 2.50. The van der Waals surface area contributed by atoms with Crippen molar-refractivity contribution in [1.82, 2.24) is 5.43 Å². The van der Waals surface area contributed by atoms with E-state index in [1.54, 1.807) is 30.3 Å². The van der Waals surface area contributed by atoms with E-state index in [1.807, 2.05) is 0 Å². The number of hydrazone groups is 1. The molecule has 0 fully saturated rings. The second kappa shape index (κ2) is 6.81. The second-order valence-electron chi connectivity index (χ2n) is 4.19. The quantitative estimate of drug-likeness (QED) is 0.494. The molecular formula is C14H10BrN3O4. The van der Waals surface area contributed by atoms with Crippen molar-refractivity contribution in [2.24, 2.45) is 5.10 Å². The molecule has 0 aromatic heterocycles. The van der Waals surface area contributed by atoms with Crippen molar-refractivity contribution in [3.63, 3.8) is 0 Å². The van der Waals surface area contributed by atoms with Crippen molar-refractivity contribution in [3.05, 3.63) is 68.2 Å². The number of benzene rings is 2. The maximum Gasteiger partial charge on any atom is 0.312 e. The molecule has 2 N–H and O–H groups in total. The normalized spacial score (nSPS) is 10.6. The molecule has 0 atom stereocenters. The zero-order valence-corrected chi connectivity index (χ0v) is 12.6. The first kappa shape index (κ1) is 15.6. The highest BCUT2D eigenvalue weighted by Crippen LogP contribution is 2.32. The van der Waals surface area contributed by atoms with Crippen LogP contribution in [0.25, 0.3) is 0 Å².